The second kappa shape index (κ2) is 7.56. The van der Waals surface area contributed by atoms with Crippen molar-refractivity contribution in [2.24, 2.45) is 0 Å². The molecule has 0 bridgehead atoms. The minimum Gasteiger partial charge on any atom is -0.346 e. The molecule has 0 atom stereocenters. The van der Waals surface area contributed by atoms with Gasteiger partial charge < -0.3 is 9.72 Å². The van der Waals surface area contributed by atoms with E-state index in [1.165, 1.54) is 18.4 Å². The number of hydrogen-bond donors (Lipinski definition) is 1. The number of pyridine rings is 1. The molecule has 9 nitrogen and oxygen atoms in total. The number of fused-ring (bicyclic) bond motifs is 2. The van der Waals surface area contributed by atoms with Crippen molar-refractivity contribution in [3.63, 3.8) is 0 Å². The fourth-order valence-electron chi connectivity index (χ4n) is 3.81. The molecule has 5 aromatic heterocycles. The Hall–Kier alpha value is -3.53. The summed E-state index contributed by atoms with van der Waals surface area (Å²) in [5, 5.41) is 7.25. The zero-order valence-corrected chi connectivity index (χ0v) is 18.6. The van der Waals surface area contributed by atoms with Crippen molar-refractivity contribution in [1.82, 2.24) is 38.9 Å². The molecule has 5 aromatic rings. The van der Waals surface area contributed by atoms with Crippen LogP contribution in [0.3, 0.4) is 0 Å². The molecule has 0 unspecified atom stereocenters. The quantitative estimate of drug-likeness (QED) is 0.394. The van der Waals surface area contributed by atoms with Crippen LogP contribution in [0.5, 0.6) is 0 Å². The van der Waals surface area contributed by atoms with E-state index in [1.807, 2.05) is 39.5 Å². The molecule has 1 fully saturated rings. The SMILES string of the molecule is O=C(NCc1ncn2ccc(Br)cc12)c1cnn(Cc2cn3cc(C4CC4)cnc3n2)c1. The number of amides is 1. The van der Waals surface area contributed by atoms with E-state index < -0.39 is 0 Å². The topological polar surface area (TPSA) is 94.4 Å². The average Bonchev–Trinajstić information content (AvgIpc) is 3.21. The van der Waals surface area contributed by atoms with E-state index in [9.17, 15) is 4.79 Å². The summed E-state index contributed by atoms with van der Waals surface area (Å²) >= 11 is 3.47. The number of carbonyl (C=O) groups is 1. The molecule has 0 spiro atoms. The van der Waals surface area contributed by atoms with Gasteiger partial charge in [0.1, 0.15) is 0 Å². The van der Waals surface area contributed by atoms with Crippen molar-refractivity contribution in [3.8, 4) is 0 Å². The van der Waals surface area contributed by atoms with E-state index in [0.29, 0.717) is 30.3 Å². The van der Waals surface area contributed by atoms with Gasteiger partial charge in [0.15, 0.2) is 0 Å². The molecule has 1 aliphatic carbocycles. The minimum absolute atomic E-state index is 0.196. The molecule has 1 N–H and O–H groups in total. The van der Waals surface area contributed by atoms with E-state index in [4.69, 9.17) is 0 Å². The number of carbonyl (C=O) groups excluding carboxylic acids is 1. The smallest absolute Gasteiger partial charge is 0.254 e. The molecule has 10 heteroatoms. The predicted molar refractivity (Wildman–Crippen MR) is 120 cm³/mol. The highest BCUT2D eigenvalue weighted by atomic mass is 79.9. The van der Waals surface area contributed by atoms with E-state index in [2.05, 4.69) is 47.5 Å². The fourth-order valence-corrected chi connectivity index (χ4v) is 4.14. The molecule has 0 aromatic carbocycles. The van der Waals surface area contributed by atoms with Crippen LogP contribution in [0, 0.1) is 0 Å². The van der Waals surface area contributed by atoms with Crippen molar-refractivity contribution < 1.29 is 4.79 Å². The molecule has 0 radical (unpaired) electrons. The summed E-state index contributed by atoms with van der Waals surface area (Å²) in [5.41, 5.74) is 4.34. The molecule has 0 aliphatic heterocycles. The maximum Gasteiger partial charge on any atom is 0.254 e. The summed E-state index contributed by atoms with van der Waals surface area (Å²) in [4.78, 5) is 26.0. The van der Waals surface area contributed by atoms with Crippen LogP contribution in [0.15, 0.2) is 60.1 Å². The van der Waals surface area contributed by atoms with Crippen LogP contribution in [0.1, 0.15) is 46.1 Å². The van der Waals surface area contributed by atoms with Crippen LogP contribution in [0.4, 0.5) is 0 Å². The van der Waals surface area contributed by atoms with Crippen molar-refractivity contribution in [2.45, 2.75) is 31.8 Å². The number of halogens is 1. The molecule has 160 valence electrons. The molecular formula is C22H19BrN8O. The monoisotopic (exact) mass is 490 g/mol. The number of imidazole rings is 2. The Balaban J connectivity index is 1.13. The van der Waals surface area contributed by atoms with Gasteiger partial charge in [-0.25, -0.2) is 15.0 Å². The molecule has 1 aliphatic rings. The normalized spacial score (nSPS) is 13.8. The highest BCUT2D eigenvalue weighted by Crippen LogP contribution is 2.39. The summed E-state index contributed by atoms with van der Waals surface area (Å²) in [6.45, 7) is 0.799. The zero-order chi connectivity index (χ0) is 21.7. The first-order chi connectivity index (χ1) is 15.6. The minimum atomic E-state index is -0.196. The number of hydrogen-bond acceptors (Lipinski definition) is 5. The van der Waals surface area contributed by atoms with Gasteiger partial charge in [-0.2, -0.15) is 5.10 Å². The summed E-state index contributed by atoms with van der Waals surface area (Å²) in [6.07, 6.45) is 15.4. The summed E-state index contributed by atoms with van der Waals surface area (Å²) < 4.78 is 6.56. The van der Waals surface area contributed by atoms with Crippen LogP contribution in [-0.4, -0.2) is 39.4 Å². The molecule has 6 rings (SSSR count). The average molecular weight is 491 g/mol. The first kappa shape index (κ1) is 19.2. The fraction of sp³-hybridized carbons (Fsp3) is 0.227. The van der Waals surface area contributed by atoms with E-state index in [1.54, 1.807) is 23.4 Å². The molecular weight excluding hydrogens is 472 g/mol. The van der Waals surface area contributed by atoms with E-state index >= 15 is 0 Å². The van der Waals surface area contributed by atoms with Gasteiger partial charge in [0.25, 0.3) is 5.91 Å². The van der Waals surface area contributed by atoms with Crippen LogP contribution in [-0.2, 0) is 13.1 Å². The third-order valence-electron chi connectivity index (χ3n) is 5.65. The van der Waals surface area contributed by atoms with Gasteiger partial charge in [0, 0.05) is 35.5 Å². The highest BCUT2D eigenvalue weighted by molar-refractivity contribution is 9.10. The van der Waals surface area contributed by atoms with Gasteiger partial charge in [-0.1, -0.05) is 15.9 Å². The van der Waals surface area contributed by atoms with Crippen molar-refractivity contribution >= 4 is 33.1 Å². The highest BCUT2D eigenvalue weighted by Gasteiger charge is 2.24. The molecule has 0 saturated heterocycles. The van der Waals surface area contributed by atoms with Crippen molar-refractivity contribution in [2.75, 3.05) is 0 Å². The number of aromatic nitrogens is 7. The first-order valence-corrected chi connectivity index (χ1v) is 11.2. The maximum atomic E-state index is 12.6. The lowest BCUT2D eigenvalue weighted by atomic mass is 10.2. The lowest BCUT2D eigenvalue weighted by Crippen LogP contribution is -2.22. The Bertz CT molecular complexity index is 1460. The van der Waals surface area contributed by atoms with Gasteiger partial charge in [-0.05, 0) is 36.5 Å². The Morgan fingerprint density at radius 2 is 2.06 bits per heavy atom. The second-order valence-electron chi connectivity index (χ2n) is 8.04. The van der Waals surface area contributed by atoms with Gasteiger partial charge in [-0.3, -0.25) is 13.9 Å². The molecule has 1 saturated carbocycles. The van der Waals surface area contributed by atoms with E-state index in [-0.39, 0.29) is 5.91 Å². The lowest BCUT2D eigenvalue weighted by Gasteiger charge is -2.02. The van der Waals surface area contributed by atoms with Crippen LogP contribution >= 0.6 is 15.9 Å². The van der Waals surface area contributed by atoms with Crippen molar-refractivity contribution in [1.29, 1.82) is 0 Å². The van der Waals surface area contributed by atoms with Crippen LogP contribution in [0.2, 0.25) is 0 Å². The standard InChI is InChI=1S/C22H19BrN8O/c23-17-3-4-29-13-26-19(20(29)5-17)8-24-21(32)16-7-27-31(10-16)12-18-11-30-9-15(14-1-2-14)6-25-22(30)28-18/h3-7,9-11,13-14H,1-2,8,12H2,(H,24,32). The van der Waals surface area contributed by atoms with Gasteiger partial charge in [-0.15, -0.1) is 0 Å². The Morgan fingerprint density at radius 3 is 2.94 bits per heavy atom. The van der Waals surface area contributed by atoms with E-state index in [0.717, 1.165) is 21.4 Å². The number of rotatable bonds is 6. The second-order valence-corrected chi connectivity index (χ2v) is 8.95. The largest absolute Gasteiger partial charge is 0.346 e. The van der Waals surface area contributed by atoms with Crippen molar-refractivity contribution in [3.05, 3.63) is 82.6 Å². The molecule has 5 heterocycles. The summed E-state index contributed by atoms with van der Waals surface area (Å²) in [6, 6.07) is 3.92. The van der Waals surface area contributed by atoms with Crippen LogP contribution in [0.25, 0.3) is 11.3 Å². The van der Waals surface area contributed by atoms with Gasteiger partial charge in [0.05, 0.1) is 48.1 Å². The predicted octanol–water partition coefficient (Wildman–Crippen LogP) is 3.19. The number of nitrogens with one attached hydrogen (secondary N) is 1. The maximum absolute atomic E-state index is 12.6. The third-order valence-corrected chi connectivity index (χ3v) is 6.14. The Morgan fingerprint density at radius 1 is 1.16 bits per heavy atom. The van der Waals surface area contributed by atoms with Gasteiger partial charge >= 0.3 is 0 Å². The number of nitrogens with zero attached hydrogens (tertiary/aromatic N) is 7. The first-order valence-electron chi connectivity index (χ1n) is 10.4. The third kappa shape index (κ3) is 3.66. The van der Waals surface area contributed by atoms with Gasteiger partial charge in [0.2, 0.25) is 5.78 Å². The summed E-state index contributed by atoms with van der Waals surface area (Å²) in [5.74, 6) is 1.12. The summed E-state index contributed by atoms with van der Waals surface area (Å²) in [7, 11) is 0. The van der Waals surface area contributed by atoms with Crippen LogP contribution < -0.4 is 5.32 Å². The Labute approximate surface area is 191 Å². The molecule has 32 heavy (non-hydrogen) atoms. The zero-order valence-electron chi connectivity index (χ0n) is 17.0. The molecule has 1 amide bonds. The Kier molecular flexibility index (Phi) is 4.53. The lowest BCUT2D eigenvalue weighted by molar-refractivity contribution is 0.0950.